The van der Waals surface area contributed by atoms with Gasteiger partial charge < -0.3 is 5.32 Å². The monoisotopic (exact) mass is 350 g/mol. The van der Waals surface area contributed by atoms with Gasteiger partial charge in [-0.05, 0) is 39.7 Å². The first kappa shape index (κ1) is 18.1. The molecule has 1 aromatic carbocycles. The summed E-state index contributed by atoms with van der Waals surface area (Å²) in [5, 5.41) is 7.72. The summed E-state index contributed by atoms with van der Waals surface area (Å²) in [6, 6.07) is 10.4. The largest absolute Gasteiger partial charge is 0.353 e. The normalized spacial score (nSPS) is 12.3. The molecular weight excluding hydrogens is 324 g/mol. The van der Waals surface area contributed by atoms with Gasteiger partial charge in [0, 0.05) is 28.6 Å². The smallest absolute Gasteiger partial charge is 0.224 e. The number of fused-ring (bicyclic) bond motifs is 1. The highest BCUT2D eigenvalue weighted by atomic mass is 16.1. The third-order valence-corrected chi connectivity index (χ3v) is 4.92. The quantitative estimate of drug-likeness (QED) is 0.762. The molecule has 0 aliphatic rings. The number of carbonyl (C=O) groups excluding carboxylic acids is 1. The Kier molecular flexibility index (Phi) is 5.07. The first-order valence-electron chi connectivity index (χ1n) is 9.12. The molecule has 0 radical (unpaired) electrons. The SMILES string of the molecule is CC[C@@H](C)NC(=O)Cc1c(C)nc2c(-c3ccccc3)c(C)nn2c1C. The number of aromatic nitrogens is 3. The number of rotatable bonds is 5. The number of aryl methyl sites for hydroxylation is 3. The van der Waals surface area contributed by atoms with Crippen LogP contribution in [0, 0.1) is 20.8 Å². The van der Waals surface area contributed by atoms with E-state index in [9.17, 15) is 4.79 Å². The van der Waals surface area contributed by atoms with Crippen molar-refractivity contribution in [2.45, 2.75) is 53.5 Å². The lowest BCUT2D eigenvalue weighted by molar-refractivity contribution is -0.121. The minimum Gasteiger partial charge on any atom is -0.353 e. The molecule has 1 N–H and O–H groups in total. The Hall–Kier alpha value is -2.69. The highest BCUT2D eigenvalue weighted by molar-refractivity contribution is 5.82. The second-order valence-electron chi connectivity index (χ2n) is 6.88. The van der Waals surface area contributed by atoms with Gasteiger partial charge in [-0.25, -0.2) is 9.50 Å². The lowest BCUT2D eigenvalue weighted by atomic mass is 10.1. The molecule has 2 aromatic heterocycles. The third kappa shape index (κ3) is 3.34. The lowest BCUT2D eigenvalue weighted by Crippen LogP contribution is -2.33. The van der Waals surface area contributed by atoms with Gasteiger partial charge in [-0.1, -0.05) is 37.3 Å². The molecule has 0 aliphatic carbocycles. The zero-order valence-corrected chi connectivity index (χ0v) is 16.1. The molecule has 0 bridgehead atoms. The Bertz CT molecular complexity index is 944. The van der Waals surface area contributed by atoms with Crippen molar-refractivity contribution in [3.8, 4) is 11.1 Å². The van der Waals surface area contributed by atoms with E-state index in [1.165, 1.54) is 0 Å². The average Bonchev–Trinajstić information content (AvgIpc) is 2.95. The second-order valence-corrected chi connectivity index (χ2v) is 6.88. The van der Waals surface area contributed by atoms with E-state index in [4.69, 9.17) is 10.1 Å². The van der Waals surface area contributed by atoms with Crippen molar-refractivity contribution in [2.75, 3.05) is 0 Å². The molecule has 3 rings (SSSR count). The minimum atomic E-state index is 0.0267. The van der Waals surface area contributed by atoms with Crippen LogP contribution in [0.5, 0.6) is 0 Å². The fourth-order valence-corrected chi connectivity index (χ4v) is 3.26. The molecule has 0 spiro atoms. The van der Waals surface area contributed by atoms with Gasteiger partial charge in [0.15, 0.2) is 5.65 Å². The van der Waals surface area contributed by atoms with Crippen molar-refractivity contribution in [3.63, 3.8) is 0 Å². The van der Waals surface area contributed by atoms with Crippen LogP contribution in [-0.2, 0) is 11.2 Å². The van der Waals surface area contributed by atoms with E-state index < -0.39 is 0 Å². The Balaban J connectivity index is 2.06. The van der Waals surface area contributed by atoms with Gasteiger partial charge in [-0.3, -0.25) is 4.79 Å². The molecule has 0 aliphatic heterocycles. The predicted molar refractivity (Wildman–Crippen MR) is 104 cm³/mol. The van der Waals surface area contributed by atoms with Crippen LogP contribution < -0.4 is 5.32 Å². The van der Waals surface area contributed by atoms with Crippen LogP contribution in [0.4, 0.5) is 0 Å². The van der Waals surface area contributed by atoms with E-state index in [1.807, 2.05) is 50.4 Å². The Morgan fingerprint density at radius 3 is 2.50 bits per heavy atom. The van der Waals surface area contributed by atoms with E-state index in [1.54, 1.807) is 0 Å². The molecule has 0 unspecified atom stereocenters. The highest BCUT2D eigenvalue weighted by Crippen LogP contribution is 2.29. The first-order chi connectivity index (χ1) is 12.4. The standard InChI is InChI=1S/C21H26N4O/c1-6-13(2)22-19(26)12-18-14(3)23-21-20(17-10-8-7-9-11-17)15(4)24-25(21)16(18)5/h7-11,13H,6,12H2,1-5H3,(H,22,26)/t13-/m1/s1. The van der Waals surface area contributed by atoms with Crippen LogP contribution in [0.1, 0.15) is 42.9 Å². The summed E-state index contributed by atoms with van der Waals surface area (Å²) < 4.78 is 1.87. The summed E-state index contributed by atoms with van der Waals surface area (Å²) in [6.45, 7) is 10.1. The maximum Gasteiger partial charge on any atom is 0.224 e. The summed E-state index contributed by atoms with van der Waals surface area (Å²) in [5.41, 5.74) is 6.73. The summed E-state index contributed by atoms with van der Waals surface area (Å²) in [4.78, 5) is 17.2. The van der Waals surface area contributed by atoms with Gasteiger partial charge >= 0.3 is 0 Å². The van der Waals surface area contributed by atoms with E-state index in [0.29, 0.717) is 6.42 Å². The van der Waals surface area contributed by atoms with Crippen LogP contribution >= 0.6 is 0 Å². The molecule has 0 saturated heterocycles. The Labute approximate surface area is 154 Å². The summed E-state index contributed by atoms with van der Waals surface area (Å²) >= 11 is 0. The summed E-state index contributed by atoms with van der Waals surface area (Å²) in [5.74, 6) is 0.0267. The number of nitrogens with zero attached hydrogens (tertiary/aromatic N) is 3. The summed E-state index contributed by atoms with van der Waals surface area (Å²) in [7, 11) is 0. The molecule has 2 heterocycles. The van der Waals surface area contributed by atoms with Crippen LogP contribution in [-0.4, -0.2) is 26.5 Å². The maximum atomic E-state index is 12.3. The van der Waals surface area contributed by atoms with Crippen LogP contribution in [0.2, 0.25) is 0 Å². The number of hydrogen-bond donors (Lipinski definition) is 1. The van der Waals surface area contributed by atoms with Crippen molar-refractivity contribution >= 4 is 11.6 Å². The molecular formula is C21H26N4O. The summed E-state index contributed by atoms with van der Waals surface area (Å²) in [6.07, 6.45) is 1.24. The van der Waals surface area contributed by atoms with Gasteiger partial charge in [-0.2, -0.15) is 5.10 Å². The lowest BCUT2D eigenvalue weighted by Gasteiger charge is -2.14. The molecule has 0 fully saturated rings. The highest BCUT2D eigenvalue weighted by Gasteiger charge is 2.19. The number of amides is 1. The Morgan fingerprint density at radius 1 is 1.15 bits per heavy atom. The average molecular weight is 350 g/mol. The van der Waals surface area contributed by atoms with E-state index in [0.717, 1.165) is 45.8 Å². The molecule has 3 aromatic rings. The molecule has 5 heteroatoms. The minimum absolute atomic E-state index is 0.0267. The fraction of sp³-hybridized carbons (Fsp3) is 0.381. The number of hydrogen-bond acceptors (Lipinski definition) is 3. The Morgan fingerprint density at radius 2 is 1.85 bits per heavy atom. The third-order valence-electron chi connectivity index (χ3n) is 4.92. The first-order valence-corrected chi connectivity index (χ1v) is 9.12. The van der Waals surface area contributed by atoms with Crippen molar-refractivity contribution in [2.24, 2.45) is 0 Å². The predicted octanol–water partition coefficient (Wildman–Crippen LogP) is 3.78. The van der Waals surface area contributed by atoms with Gasteiger partial charge in [0.25, 0.3) is 0 Å². The van der Waals surface area contributed by atoms with Gasteiger partial charge in [0.05, 0.1) is 12.1 Å². The fourth-order valence-electron chi connectivity index (χ4n) is 3.26. The molecule has 5 nitrogen and oxygen atoms in total. The maximum absolute atomic E-state index is 12.3. The van der Waals surface area contributed by atoms with Crippen LogP contribution in [0.3, 0.4) is 0 Å². The number of carbonyl (C=O) groups is 1. The van der Waals surface area contributed by atoms with Crippen LogP contribution in [0.25, 0.3) is 16.8 Å². The number of benzene rings is 1. The molecule has 26 heavy (non-hydrogen) atoms. The molecule has 0 saturated carbocycles. The molecule has 1 amide bonds. The van der Waals surface area contributed by atoms with Gasteiger partial charge in [-0.15, -0.1) is 0 Å². The topological polar surface area (TPSA) is 59.3 Å². The van der Waals surface area contributed by atoms with Crippen molar-refractivity contribution in [1.82, 2.24) is 19.9 Å². The van der Waals surface area contributed by atoms with E-state index in [2.05, 4.69) is 24.4 Å². The van der Waals surface area contributed by atoms with Gasteiger partial charge in [0.2, 0.25) is 5.91 Å². The zero-order valence-electron chi connectivity index (χ0n) is 16.1. The van der Waals surface area contributed by atoms with Crippen molar-refractivity contribution < 1.29 is 4.79 Å². The van der Waals surface area contributed by atoms with Crippen molar-refractivity contribution in [3.05, 3.63) is 53.0 Å². The zero-order chi connectivity index (χ0) is 18.8. The van der Waals surface area contributed by atoms with Crippen molar-refractivity contribution in [1.29, 1.82) is 0 Å². The van der Waals surface area contributed by atoms with E-state index in [-0.39, 0.29) is 11.9 Å². The molecule has 136 valence electrons. The molecule has 1 atom stereocenters. The number of nitrogens with one attached hydrogen (secondary N) is 1. The van der Waals surface area contributed by atoms with Gasteiger partial charge in [0.1, 0.15) is 0 Å². The van der Waals surface area contributed by atoms with Crippen LogP contribution in [0.15, 0.2) is 30.3 Å². The van der Waals surface area contributed by atoms with E-state index >= 15 is 0 Å². The second kappa shape index (κ2) is 7.28.